The van der Waals surface area contributed by atoms with Gasteiger partial charge in [-0.15, -0.1) is 0 Å². The van der Waals surface area contributed by atoms with Crippen molar-refractivity contribution in [3.8, 4) is 0 Å². The number of allylic oxidation sites excluding steroid dienone is 1. The molecule has 2 saturated heterocycles. The van der Waals surface area contributed by atoms with Crippen molar-refractivity contribution in [3.05, 3.63) is 47.0 Å². The van der Waals surface area contributed by atoms with E-state index in [1.807, 2.05) is 13.0 Å². The Morgan fingerprint density at radius 3 is 2.70 bits per heavy atom. The number of esters is 1. The fraction of sp³-hybridized carbons (Fsp3) is 0.667. The largest absolute Gasteiger partial charge is 0.433 e. The van der Waals surface area contributed by atoms with E-state index in [-0.39, 0.29) is 35.7 Å². The lowest BCUT2D eigenvalue weighted by molar-refractivity contribution is -0.324. The summed E-state index contributed by atoms with van der Waals surface area (Å²) < 4.78 is 17.6. The molecule has 1 spiro atoms. The van der Waals surface area contributed by atoms with E-state index in [2.05, 4.69) is 25.1 Å². The average Bonchev–Trinajstić information content (AvgIpc) is 3.54. The number of carbonyl (C=O) groups is 2. The molecule has 0 radical (unpaired) electrons. The van der Waals surface area contributed by atoms with Gasteiger partial charge in [0.1, 0.15) is 5.60 Å². The summed E-state index contributed by atoms with van der Waals surface area (Å²) in [6.07, 6.45) is 6.04. The monoisotopic (exact) mass is 510 g/mol. The molecular formula is C30H38O7. The van der Waals surface area contributed by atoms with Gasteiger partial charge in [0.05, 0.1) is 23.2 Å². The van der Waals surface area contributed by atoms with Gasteiger partial charge < -0.3 is 24.4 Å². The van der Waals surface area contributed by atoms with E-state index in [0.717, 1.165) is 31.2 Å². The van der Waals surface area contributed by atoms with Crippen LogP contribution in [0.5, 0.6) is 0 Å². The minimum Gasteiger partial charge on any atom is -0.433 e. The molecule has 7 nitrogen and oxygen atoms in total. The second-order valence-electron chi connectivity index (χ2n) is 12.6. The van der Waals surface area contributed by atoms with Crippen LogP contribution in [0, 0.1) is 11.3 Å². The van der Waals surface area contributed by atoms with Gasteiger partial charge in [-0.3, -0.25) is 9.59 Å². The first kappa shape index (κ1) is 25.2. The molecule has 0 aromatic heterocycles. The molecule has 1 aromatic carbocycles. The smallest absolute Gasteiger partial charge is 0.305 e. The molecular weight excluding hydrogens is 472 g/mol. The van der Waals surface area contributed by atoms with Crippen molar-refractivity contribution in [1.82, 2.24) is 0 Å². The molecule has 200 valence electrons. The molecule has 5 aliphatic rings. The van der Waals surface area contributed by atoms with E-state index in [9.17, 15) is 19.8 Å². The topological polar surface area (TPSA) is 106 Å². The second-order valence-corrected chi connectivity index (χ2v) is 12.6. The van der Waals surface area contributed by atoms with Crippen LogP contribution in [0.2, 0.25) is 0 Å². The highest BCUT2D eigenvalue weighted by Crippen LogP contribution is 2.69. The lowest BCUT2D eigenvalue weighted by Crippen LogP contribution is -2.65. The number of hydrogen-bond acceptors (Lipinski definition) is 7. The standard InChI is InChI=1S/C30H38O7/c1-16(23-15-27(3,33)29(5,34)26(36-23)35-17(2)31)18-8-10-20-19(13-18)9-11-22-21(20)14-25-30(37-25)12-6-7-24(32)28(22,30)4/h6-8,10,13,16,21-23,25-26,33-34H,9,11-12,14-15H2,1-5H3/t16-,21?,22?,23?,25-,26-,27-,28-,29-,30-/m0/s1. The van der Waals surface area contributed by atoms with E-state index in [1.54, 1.807) is 13.0 Å². The van der Waals surface area contributed by atoms with Crippen molar-refractivity contribution in [2.45, 2.75) is 114 Å². The third-order valence-corrected chi connectivity index (χ3v) is 10.7. The van der Waals surface area contributed by atoms with Crippen LogP contribution >= 0.6 is 0 Å². The predicted molar refractivity (Wildman–Crippen MR) is 135 cm³/mol. The summed E-state index contributed by atoms with van der Waals surface area (Å²) in [4.78, 5) is 24.9. The highest BCUT2D eigenvalue weighted by atomic mass is 16.7. The van der Waals surface area contributed by atoms with E-state index in [0.29, 0.717) is 5.92 Å². The summed E-state index contributed by atoms with van der Waals surface area (Å²) in [5, 5.41) is 22.0. The van der Waals surface area contributed by atoms with E-state index < -0.39 is 35.0 Å². The van der Waals surface area contributed by atoms with Crippen LogP contribution in [0.3, 0.4) is 0 Å². The van der Waals surface area contributed by atoms with Crippen LogP contribution in [0.25, 0.3) is 0 Å². The number of aliphatic hydroxyl groups is 2. The van der Waals surface area contributed by atoms with Crippen LogP contribution in [0.4, 0.5) is 0 Å². The van der Waals surface area contributed by atoms with Gasteiger partial charge in [0.15, 0.2) is 11.4 Å². The Kier molecular flexibility index (Phi) is 5.44. The second kappa shape index (κ2) is 7.98. The Morgan fingerprint density at radius 1 is 1.22 bits per heavy atom. The zero-order valence-electron chi connectivity index (χ0n) is 22.3. The number of epoxide rings is 1. The third kappa shape index (κ3) is 3.40. The maximum atomic E-state index is 13.2. The first-order valence-electron chi connectivity index (χ1n) is 13.6. The Labute approximate surface area is 218 Å². The maximum Gasteiger partial charge on any atom is 0.305 e. The number of fused-ring (bicyclic) bond motifs is 4. The van der Waals surface area contributed by atoms with Crippen molar-refractivity contribution < 1.29 is 34.0 Å². The SMILES string of the molecule is CC(=O)O[C@H]1OC([C@@H](C)c2ccc3c(c2)CCC2C3C[C@@H]3O[C@@]34CC=CC(=O)[C@]24C)C[C@](C)(O)[C@@]1(C)O. The molecule has 10 atom stereocenters. The van der Waals surface area contributed by atoms with Crippen molar-refractivity contribution in [3.63, 3.8) is 0 Å². The molecule has 2 aliphatic heterocycles. The number of ether oxygens (including phenoxy) is 3. The van der Waals surface area contributed by atoms with E-state index in [4.69, 9.17) is 14.2 Å². The molecule has 0 amide bonds. The Morgan fingerprint density at radius 2 is 1.97 bits per heavy atom. The van der Waals surface area contributed by atoms with Crippen LogP contribution in [-0.4, -0.2) is 57.3 Å². The number of hydrogen-bond donors (Lipinski definition) is 2. The van der Waals surface area contributed by atoms with E-state index >= 15 is 0 Å². The van der Waals surface area contributed by atoms with Gasteiger partial charge in [0.25, 0.3) is 0 Å². The highest BCUT2D eigenvalue weighted by Gasteiger charge is 2.75. The van der Waals surface area contributed by atoms with Crippen LogP contribution in [-0.2, 0) is 30.2 Å². The fourth-order valence-electron chi connectivity index (χ4n) is 7.95. The zero-order chi connectivity index (χ0) is 26.5. The van der Waals surface area contributed by atoms with Crippen molar-refractivity contribution in [2.75, 3.05) is 0 Å². The summed E-state index contributed by atoms with van der Waals surface area (Å²) in [5.74, 6) is 0.100. The number of rotatable bonds is 3. The molecule has 3 fully saturated rings. The minimum atomic E-state index is -1.73. The van der Waals surface area contributed by atoms with Crippen molar-refractivity contribution in [2.24, 2.45) is 11.3 Å². The van der Waals surface area contributed by atoms with Crippen molar-refractivity contribution in [1.29, 1.82) is 0 Å². The normalized spacial score (nSPS) is 46.7. The molecule has 7 heteroatoms. The lowest BCUT2D eigenvalue weighted by Gasteiger charge is -2.51. The average molecular weight is 511 g/mol. The highest BCUT2D eigenvalue weighted by molar-refractivity contribution is 5.98. The van der Waals surface area contributed by atoms with Gasteiger partial charge in [-0.25, -0.2) is 0 Å². The molecule has 6 rings (SSSR count). The summed E-state index contributed by atoms with van der Waals surface area (Å²) >= 11 is 0. The van der Waals surface area contributed by atoms with Crippen LogP contribution in [0.1, 0.15) is 88.8 Å². The van der Waals surface area contributed by atoms with Crippen LogP contribution < -0.4 is 0 Å². The maximum absolute atomic E-state index is 13.2. The first-order chi connectivity index (χ1) is 17.3. The summed E-state index contributed by atoms with van der Waals surface area (Å²) in [6, 6.07) is 6.57. The molecule has 3 aliphatic carbocycles. The quantitative estimate of drug-likeness (QED) is 0.472. The Hall–Kier alpha value is -2.06. The number of benzene rings is 1. The third-order valence-electron chi connectivity index (χ3n) is 10.7. The first-order valence-corrected chi connectivity index (χ1v) is 13.6. The van der Waals surface area contributed by atoms with Gasteiger partial charge in [0, 0.05) is 19.3 Å². The van der Waals surface area contributed by atoms with E-state index in [1.165, 1.54) is 25.0 Å². The van der Waals surface area contributed by atoms with Gasteiger partial charge in [-0.05, 0) is 81.1 Å². The number of ketones is 1. The summed E-state index contributed by atoms with van der Waals surface area (Å²) in [6.45, 7) is 8.44. The lowest BCUT2D eigenvalue weighted by atomic mass is 9.49. The van der Waals surface area contributed by atoms with Gasteiger partial charge in [0.2, 0.25) is 6.29 Å². The molecule has 3 unspecified atom stereocenters. The van der Waals surface area contributed by atoms with Gasteiger partial charge in [-0.1, -0.05) is 31.2 Å². The Bertz CT molecular complexity index is 1180. The molecule has 1 saturated carbocycles. The molecule has 0 bridgehead atoms. The van der Waals surface area contributed by atoms with Gasteiger partial charge >= 0.3 is 5.97 Å². The van der Waals surface area contributed by atoms with Crippen molar-refractivity contribution >= 4 is 11.8 Å². The number of aryl methyl sites for hydroxylation is 1. The fourth-order valence-corrected chi connectivity index (χ4v) is 7.95. The Balaban J connectivity index is 1.27. The van der Waals surface area contributed by atoms with Crippen LogP contribution in [0.15, 0.2) is 30.4 Å². The van der Waals surface area contributed by atoms with Gasteiger partial charge in [-0.2, -0.15) is 0 Å². The molecule has 37 heavy (non-hydrogen) atoms. The minimum absolute atomic E-state index is 0.1000. The molecule has 2 heterocycles. The zero-order valence-corrected chi connectivity index (χ0v) is 22.3. The molecule has 1 aromatic rings. The summed E-state index contributed by atoms with van der Waals surface area (Å²) in [5.41, 5.74) is -0.311. The number of carbonyl (C=O) groups excluding carboxylic acids is 2. The summed E-state index contributed by atoms with van der Waals surface area (Å²) in [7, 11) is 0. The predicted octanol–water partition coefficient (Wildman–Crippen LogP) is 3.69. The molecule has 2 N–H and O–H groups in total.